The number of aliphatic hydroxyl groups excluding tert-OH is 1. The van der Waals surface area contributed by atoms with E-state index in [-0.39, 0.29) is 16.9 Å². The Bertz CT molecular complexity index is 713. The van der Waals surface area contributed by atoms with Gasteiger partial charge in [-0.2, -0.15) is 0 Å². The molecule has 0 amide bonds. The molecule has 1 heterocycles. The van der Waals surface area contributed by atoms with Crippen LogP contribution in [0.25, 0.3) is 0 Å². The van der Waals surface area contributed by atoms with Gasteiger partial charge in [0.05, 0.1) is 24.2 Å². The van der Waals surface area contributed by atoms with Gasteiger partial charge in [0.1, 0.15) is 0 Å². The Morgan fingerprint density at radius 2 is 1.78 bits per heavy atom. The average molecular weight is 373 g/mol. The van der Waals surface area contributed by atoms with Crippen molar-refractivity contribution in [2.75, 3.05) is 0 Å². The SMILES string of the molecule is C[C@]12CC[C@H](O)C[C@H]1CC[C@@H]1[C@@H]2CC[C@]2(C)[C@@](C)(c3ccoc3)CC[C@]12O. The molecule has 2 N–H and O–H groups in total. The Hall–Kier alpha value is -0.800. The van der Waals surface area contributed by atoms with Crippen LogP contribution < -0.4 is 0 Å². The zero-order valence-corrected chi connectivity index (χ0v) is 17.2. The van der Waals surface area contributed by atoms with Crippen LogP contribution in [0.2, 0.25) is 0 Å². The van der Waals surface area contributed by atoms with Crippen LogP contribution in [0.15, 0.2) is 23.0 Å². The summed E-state index contributed by atoms with van der Waals surface area (Å²) in [7, 11) is 0. The second-order valence-corrected chi connectivity index (χ2v) is 11.1. The van der Waals surface area contributed by atoms with Crippen LogP contribution >= 0.6 is 0 Å². The molecule has 0 unspecified atom stereocenters. The second-order valence-electron chi connectivity index (χ2n) is 11.1. The van der Waals surface area contributed by atoms with Crippen molar-refractivity contribution in [1.29, 1.82) is 0 Å². The first-order valence-corrected chi connectivity index (χ1v) is 11.2. The van der Waals surface area contributed by atoms with Gasteiger partial charge in [0.2, 0.25) is 0 Å². The summed E-state index contributed by atoms with van der Waals surface area (Å²) in [4.78, 5) is 0. The quantitative estimate of drug-likeness (QED) is 0.725. The van der Waals surface area contributed by atoms with Crippen LogP contribution in [0.3, 0.4) is 0 Å². The lowest BCUT2D eigenvalue weighted by Gasteiger charge is -2.64. The predicted molar refractivity (Wildman–Crippen MR) is 105 cm³/mol. The zero-order chi connectivity index (χ0) is 19.1. The summed E-state index contributed by atoms with van der Waals surface area (Å²) in [6, 6.07) is 2.11. The van der Waals surface area contributed by atoms with Gasteiger partial charge in [-0.05, 0) is 92.6 Å². The highest BCUT2D eigenvalue weighted by molar-refractivity contribution is 5.32. The van der Waals surface area contributed by atoms with Crippen molar-refractivity contribution in [3.8, 4) is 0 Å². The van der Waals surface area contributed by atoms with E-state index < -0.39 is 5.60 Å². The third kappa shape index (κ3) is 2.11. The summed E-state index contributed by atoms with van der Waals surface area (Å²) in [6.45, 7) is 7.21. The molecular weight excluding hydrogens is 336 g/mol. The number of fused-ring (bicyclic) bond motifs is 5. The van der Waals surface area contributed by atoms with E-state index in [1.807, 2.05) is 6.26 Å². The van der Waals surface area contributed by atoms with Crippen molar-refractivity contribution in [2.24, 2.45) is 28.6 Å². The first-order chi connectivity index (χ1) is 12.7. The molecule has 4 fully saturated rings. The van der Waals surface area contributed by atoms with Crippen LogP contribution in [-0.4, -0.2) is 21.9 Å². The molecule has 1 aromatic heterocycles. The minimum Gasteiger partial charge on any atom is -0.472 e. The molecule has 8 atom stereocenters. The molecule has 0 aromatic carbocycles. The normalized spacial score (nSPS) is 54.9. The van der Waals surface area contributed by atoms with Crippen LogP contribution in [0.1, 0.15) is 84.1 Å². The lowest BCUT2D eigenvalue weighted by atomic mass is 9.42. The Labute approximate surface area is 163 Å². The number of rotatable bonds is 1. The van der Waals surface area contributed by atoms with Crippen molar-refractivity contribution in [3.63, 3.8) is 0 Å². The summed E-state index contributed by atoms with van der Waals surface area (Å²) < 4.78 is 5.45. The number of hydrogen-bond acceptors (Lipinski definition) is 3. The predicted octanol–water partition coefficient (Wildman–Crippen LogP) is 5.06. The van der Waals surface area contributed by atoms with Crippen LogP contribution in [0, 0.1) is 28.6 Å². The summed E-state index contributed by atoms with van der Waals surface area (Å²) in [5.41, 5.74) is 0.878. The van der Waals surface area contributed by atoms with Gasteiger partial charge in [0.15, 0.2) is 0 Å². The molecule has 0 aliphatic heterocycles. The van der Waals surface area contributed by atoms with Crippen LogP contribution in [0.4, 0.5) is 0 Å². The molecule has 4 saturated carbocycles. The van der Waals surface area contributed by atoms with Gasteiger partial charge in [0, 0.05) is 10.8 Å². The smallest absolute Gasteiger partial charge is 0.0940 e. The highest BCUT2D eigenvalue weighted by Gasteiger charge is 2.70. The van der Waals surface area contributed by atoms with Crippen molar-refractivity contribution < 1.29 is 14.6 Å². The lowest BCUT2D eigenvalue weighted by molar-refractivity contribution is -0.212. The van der Waals surface area contributed by atoms with Crippen molar-refractivity contribution in [3.05, 3.63) is 24.2 Å². The van der Waals surface area contributed by atoms with E-state index in [4.69, 9.17) is 4.42 Å². The minimum absolute atomic E-state index is 0.0137. The van der Waals surface area contributed by atoms with Gasteiger partial charge in [-0.25, -0.2) is 0 Å². The Kier molecular flexibility index (Phi) is 3.80. The topological polar surface area (TPSA) is 53.6 Å². The van der Waals surface area contributed by atoms with Gasteiger partial charge >= 0.3 is 0 Å². The fraction of sp³-hybridized carbons (Fsp3) is 0.833. The minimum atomic E-state index is -0.577. The van der Waals surface area contributed by atoms with E-state index in [1.165, 1.54) is 18.4 Å². The number of hydrogen-bond donors (Lipinski definition) is 2. The maximum absolute atomic E-state index is 12.3. The zero-order valence-electron chi connectivity index (χ0n) is 17.2. The Balaban J connectivity index is 1.52. The maximum atomic E-state index is 12.3. The van der Waals surface area contributed by atoms with E-state index in [9.17, 15) is 10.2 Å². The average Bonchev–Trinajstić information content (AvgIpc) is 3.24. The summed E-state index contributed by atoms with van der Waals surface area (Å²) in [6.07, 6.45) is 13.2. The van der Waals surface area contributed by atoms with Crippen molar-refractivity contribution in [2.45, 2.75) is 95.7 Å². The molecule has 0 spiro atoms. The number of furan rings is 1. The molecule has 150 valence electrons. The van der Waals surface area contributed by atoms with E-state index in [2.05, 4.69) is 26.8 Å². The molecule has 4 aliphatic rings. The molecule has 0 radical (unpaired) electrons. The summed E-state index contributed by atoms with van der Waals surface area (Å²) in [5.74, 6) is 1.65. The van der Waals surface area contributed by atoms with Gasteiger partial charge < -0.3 is 14.6 Å². The van der Waals surface area contributed by atoms with Gasteiger partial charge in [-0.15, -0.1) is 0 Å². The highest BCUT2D eigenvalue weighted by atomic mass is 16.3. The first kappa shape index (κ1) is 18.2. The van der Waals surface area contributed by atoms with Gasteiger partial charge in [0.25, 0.3) is 0 Å². The third-order valence-corrected chi connectivity index (χ3v) is 10.6. The van der Waals surface area contributed by atoms with Crippen molar-refractivity contribution >= 4 is 0 Å². The molecule has 1 aromatic rings. The number of aliphatic hydroxyl groups is 2. The third-order valence-electron chi connectivity index (χ3n) is 10.6. The van der Waals surface area contributed by atoms with Gasteiger partial charge in [-0.1, -0.05) is 20.8 Å². The fourth-order valence-electron chi connectivity index (χ4n) is 8.52. The fourth-order valence-corrected chi connectivity index (χ4v) is 8.52. The monoisotopic (exact) mass is 372 g/mol. The summed E-state index contributed by atoms with van der Waals surface area (Å²) >= 11 is 0. The molecule has 0 bridgehead atoms. The molecule has 3 nitrogen and oxygen atoms in total. The van der Waals surface area contributed by atoms with E-state index >= 15 is 0 Å². The van der Waals surface area contributed by atoms with E-state index in [0.717, 1.165) is 44.9 Å². The largest absolute Gasteiger partial charge is 0.472 e. The lowest BCUT2D eigenvalue weighted by Crippen LogP contribution is -2.64. The van der Waals surface area contributed by atoms with Crippen molar-refractivity contribution in [1.82, 2.24) is 0 Å². The summed E-state index contributed by atoms with van der Waals surface area (Å²) in [5, 5.41) is 22.5. The van der Waals surface area contributed by atoms with Crippen LogP contribution in [-0.2, 0) is 5.41 Å². The van der Waals surface area contributed by atoms with Crippen LogP contribution in [0.5, 0.6) is 0 Å². The maximum Gasteiger partial charge on any atom is 0.0940 e. The molecule has 5 rings (SSSR count). The Morgan fingerprint density at radius 1 is 0.963 bits per heavy atom. The van der Waals surface area contributed by atoms with E-state index in [1.54, 1.807) is 6.26 Å². The molecule has 4 aliphatic carbocycles. The van der Waals surface area contributed by atoms with E-state index in [0.29, 0.717) is 23.2 Å². The molecular formula is C24H36O3. The highest BCUT2D eigenvalue weighted by Crippen LogP contribution is 2.72. The standard InChI is InChI=1S/C24H36O3/c1-21-9-6-18(25)14-16(21)4-5-20-19(21)7-10-23(3)22(2,11-12-24(20,23)26)17-8-13-27-15-17/h8,13,15-16,18-20,25-26H,4-7,9-12,14H2,1-3H3/t16-,18+,19+,20-,21+,22-,23-,24+/m1/s1. The Morgan fingerprint density at radius 3 is 2.52 bits per heavy atom. The first-order valence-electron chi connectivity index (χ1n) is 11.2. The van der Waals surface area contributed by atoms with Gasteiger partial charge in [-0.3, -0.25) is 0 Å². The molecule has 27 heavy (non-hydrogen) atoms. The molecule has 0 saturated heterocycles. The molecule has 3 heteroatoms. The second kappa shape index (κ2) is 5.63.